The van der Waals surface area contributed by atoms with Crippen molar-refractivity contribution in [3.05, 3.63) is 46.3 Å². The lowest BCUT2D eigenvalue weighted by Crippen LogP contribution is -2.12. The summed E-state index contributed by atoms with van der Waals surface area (Å²) < 4.78 is 4.56. The molecule has 0 saturated heterocycles. The van der Waals surface area contributed by atoms with Crippen LogP contribution in [0.25, 0.3) is 0 Å². The molecule has 1 heterocycles. The van der Waals surface area contributed by atoms with Gasteiger partial charge in [-0.15, -0.1) is 0 Å². The first-order chi connectivity index (χ1) is 7.66. The van der Waals surface area contributed by atoms with Crippen LogP contribution < -0.4 is 5.32 Å². The van der Waals surface area contributed by atoms with Gasteiger partial charge in [-0.2, -0.15) is 0 Å². The number of rotatable bonds is 2. The molecule has 1 aromatic heterocycles. The molecule has 0 saturated carbocycles. The predicted molar refractivity (Wildman–Crippen MR) is 60.9 cm³/mol. The third-order valence-electron chi connectivity index (χ3n) is 1.85. The minimum absolute atomic E-state index is 0.177. The lowest BCUT2D eigenvalue weighted by molar-refractivity contribution is 0.101. The van der Waals surface area contributed by atoms with Gasteiger partial charge in [-0.05, 0) is 18.2 Å². The summed E-state index contributed by atoms with van der Waals surface area (Å²) in [6, 6.07) is 6.24. The average Bonchev–Trinajstić information content (AvgIpc) is 2.76. The third kappa shape index (κ3) is 2.35. The molecule has 1 N–H and O–H groups in total. The molecule has 1 amide bonds. The Kier molecular flexibility index (Phi) is 3.12. The number of hydrogen-bond acceptors (Lipinski definition) is 3. The topological polar surface area (TPSA) is 55.1 Å². The molecular weight excluding hydrogens is 251 g/mol. The SMILES string of the molecule is O=C(Nc1cc(Cl)ccc1Cl)c1ccon1. The first kappa shape index (κ1) is 11.0. The number of amides is 1. The van der Waals surface area contributed by atoms with Crippen molar-refractivity contribution in [1.29, 1.82) is 0 Å². The third-order valence-corrected chi connectivity index (χ3v) is 2.41. The summed E-state index contributed by atoms with van der Waals surface area (Å²) >= 11 is 11.7. The highest BCUT2D eigenvalue weighted by Crippen LogP contribution is 2.25. The molecule has 2 rings (SSSR count). The number of hydrogen-bond donors (Lipinski definition) is 1. The normalized spacial score (nSPS) is 10.1. The van der Waals surface area contributed by atoms with E-state index in [1.165, 1.54) is 12.3 Å². The van der Waals surface area contributed by atoms with Crippen LogP contribution in [0.5, 0.6) is 0 Å². The predicted octanol–water partition coefficient (Wildman–Crippen LogP) is 3.23. The first-order valence-electron chi connectivity index (χ1n) is 4.33. The van der Waals surface area contributed by atoms with Crippen LogP contribution >= 0.6 is 23.2 Å². The van der Waals surface area contributed by atoms with Crippen LogP contribution in [0, 0.1) is 0 Å². The molecule has 0 atom stereocenters. The van der Waals surface area contributed by atoms with Gasteiger partial charge < -0.3 is 9.84 Å². The lowest BCUT2D eigenvalue weighted by Gasteiger charge is -2.05. The van der Waals surface area contributed by atoms with E-state index in [4.69, 9.17) is 23.2 Å². The zero-order valence-corrected chi connectivity index (χ0v) is 9.42. The first-order valence-corrected chi connectivity index (χ1v) is 5.09. The molecular formula is C10H6Cl2N2O2. The molecule has 0 aliphatic carbocycles. The van der Waals surface area contributed by atoms with Crippen LogP contribution in [0.15, 0.2) is 35.1 Å². The minimum Gasteiger partial charge on any atom is -0.364 e. The Morgan fingerprint density at radius 2 is 2.12 bits per heavy atom. The summed E-state index contributed by atoms with van der Waals surface area (Å²) in [6.45, 7) is 0. The second-order valence-electron chi connectivity index (χ2n) is 2.96. The van der Waals surface area contributed by atoms with Crippen molar-refractivity contribution in [2.75, 3.05) is 5.32 Å². The second kappa shape index (κ2) is 4.55. The standard InChI is InChI=1S/C10H6Cl2N2O2/c11-6-1-2-7(12)9(5-6)13-10(15)8-3-4-16-14-8/h1-5H,(H,13,15). The quantitative estimate of drug-likeness (QED) is 0.898. The summed E-state index contributed by atoms with van der Waals surface area (Å²) in [5.41, 5.74) is 0.609. The zero-order valence-electron chi connectivity index (χ0n) is 7.91. The number of anilines is 1. The fraction of sp³-hybridized carbons (Fsp3) is 0. The molecule has 0 fully saturated rings. The van der Waals surface area contributed by atoms with Crippen LogP contribution in [-0.2, 0) is 0 Å². The Labute approximate surface area is 101 Å². The van der Waals surface area contributed by atoms with E-state index in [2.05, 4.69) is 15.0 Å². The van der Waals surface area contributed by atoms with E-state index < -0.39 is 5.91 Å². The number of nitrogens with zero attached hydrogens (tertiary/aromatic N) is 1. The van der Waals surface area contributed by atoms with Crippen molar-refractivity contribution in [3.63, 3.8) is 0 Å². The van der Waals surface area contributed by atoms with Gasteiger partial charge in [0.1, 0.15) is 6.26 Å². The van der Waals surface area contributed by atoms with Crippen LogP contribution in [0.1, 0.15) is 10.5 Å². The van der Waals surface area contributed by atoms with Crippen molar-refractivity contribution < 1.29 is 9.32 Å². The molecule has 6 heteroatoms. The maximum Gasteiger partial charge on any atom is 0.277 e. The molecule has 82 valence electrons. The Bertz CT molecular complexity index is 512. The highest BCUT2D eigenvalue weighted by molar-refractivity contribution is 6.35. The maximum atomic E-state index is 11.6. The molecule has 0 radical (unpaired) electrons. The van der Waals surface area contributed by atoms with Gasteiger partial charge in [0.2, 0.25) is 0 Å². The number of carbonyl (C=O) groups excluding carboxylic acids is 1. The van der Waals surface area contributed by atoms with Gasteiger partial charge in [0.05, 0.1) is 10.7 Å². The number of nitrogens with one attached hydrogen (secondary N) is 1. The van der Waals surface area contributed by atoms with Crippen LogP contribution in [0.2, 0.25) is 10.0 Å². The Morgan fingerprint density at radius 3 is 2.81 bits per heavy atom. The molecule has 1 aromatic carbocycles. The summed E-state index contributed by atoms with van der Waals surface area (Å²) in [7, 11) is 0. The number of benzene rings is 1. The maximum absolute atomic E-state index is 11.6. The van der Waals surface area contributed by atoms with E-state index in [1.807, 2.05) is 0 Å². The van der Waals surface area contributed by atoms with Gasteiger partial charge in [-0.25, -0.2) is 0 Å². The van der Waals surface area contributed by atoms with Crippen molar-refractivity contribution in [3.8, 4) is 0 Å². The van der Waals surface area contributed by atoms with E-state index in [0.717, 1.165) is 0 Å². The van der Waals surface area contributed by atoms with Crippen molar-refractivity contribution in [2.24, 2.45) is 0 Å². The summed E-state index contributed by atoms with van der Waals surface area (Å²) in [5.74, 6) is -0.405. The molecule has 0 aliphatic rings. The van der Waals surface area contributed by atoms with Crippen LogP contribution in [0.4, 0.5) is 5.69 Å². The molecule has 4 nitrogen and oxygen atoms in total. The van der Waals surface area contributed by atoms with E-state index in [9.17, 15) is 4.79 Å². The fourth-order valence-corrected chi connectivity index (χ4v) is 1.45. The lowest BCUT2D eigenvalue weighted by atomic mass is 10.3. The summed E-state index contributed by atoms with van der Waals surface area (Å²) in [4.78, 5) is 11.6. The summed E-state index contributed by atoms with van der Waals surface area (Å²) in [6.07, 6.45) is 1.31. The Hall–Kier alpha value is -1.52. The number of halogens is 2. The smallest absolute Gasteiger partial charge is 0.277 e. The van der Waals surface area contributed by atoms with E-state index in [-0.39, 0.29) is 5.69 Å². The van der Waals surface area contributed by atoms with E-state index in [1.54, 1.807) is 18.2 Å². The van der Waals surface area contributed by atoms with Gasteiger partial charge in [-0.3, -0.25) is 4.79 Å². The molecule has 16 heavy (non-hydrogen) atoms. The van der Waals surface area contributed by atoms with Crippen molar-refractivity contribution in [1.82, 2.24) is 5.16 Å². The van der Waals surface area contributed by atoms with Gasteiger partial charge in [0.25, 0.3) is 5.91 Å². The summed E-state index contributed by atoms with van der Waals surface area (Å²) in [5, 5.41) is 6.97. The highest BCUT2D eigenvalue weighted by atomic mass is 35.5. The Morgan fingerprint density at radius 1 is 1.31 bits per heavy atom. The zero-order chi connectivity index (χ0) is 11.5. The van der Waals surface area contributed by atoms with E-state index in [0.29, 0.717) is 15.7 Å². The molecule has 0 aliphatic heterocycles. The van der Waals surface area contributed by atoms with Crippen molar-refractivity contribution in [2.45, 2.75) is 0 Å². The average molecular weight is 257 g/mol. The van der Waals surface area contributed by atoms with Gasteiger partial charge in [0, 0.05) is 11.1 Å². The molecule has 0 bridgehead atoms. The van der Waals surface area contributed by atoms with Crippen LogP contribution in [-0.4, -0.2) is 11.1 Å². The number of aromatic nitrogens is 1. The van der Waals surface area contributed by atoms with Gasteiger partial charge in [-0.1, -0.05) is 28.4 Å². The van der Waals surface area contributed by atoms with Gasteiger partial charge >= 0.3 is 0 Å². The largest absolute Gasteiger partial charge is 0.364 e. The molecule has 0 unspecified atom stereocenters. The number of carbonyl (C=O) groups is 1. The molecule has 0 spiro atoms. The second-order valence-corrected chi connectivity index (χ2v) is 3.81. The molecule has 2 aromatic rings. The Balaban J connectivity index is 2.21. The minimum atomic E-state index is -0.405. The fourth-order valence-electron chi connectivity index (χ4n) is 1.11. The van der Waals surface area contributed by atoms with E-state index >= 15 is 0 Å². The van der Waals surface area contributed by atoms with Crippen LogP contribution in [0.3, 0.4) is 0 Å². The highest BCUT2D eigenvalue weighted by Gasteiger charge is 2.11. The monoisotopic (exact) mass is 256 g/mol. The van der Waals surface area contributed by atoms with Crippen molar-refractivity contribution >= 4 is 34.8 Å². The van der Waals surface area contributed by atoms with Gasteiger partial charge in [0.15, 0.2) is 5.69 Å².